The van der Waals surface area contributed by atoms with Crippen LogP contribution in [-0.4, -0.2) is 28.4 Å². The first-order chi connectivity index (χ1) is 31.2. The molecule has 0 saturated carbocycles. The fraction of sp³-hybridized carbons (Fsp3) is 0.0517. The van der Waals surface area contributed by atoms with Crippen LogP contribution in [0.3, 0.4) is 0 Å². The number of benzene rings is 8. The Morgan fingerprint density at radius 1 is 0.562 bits per heavy atom. The van der Waals surface area contributed by atoms with Gasteiger partial charge in [0.1, 0.15) is 0 Å². The molecule has 0 bridgehead atoms. The summed E-state index contributed by atoms with van der Waals surface area (Å²) in [4.78, 5) is 24.0. The molecule has 1 heterocycles. The molecule has 11 rings (SSSR count). The summed E-state index contributed by atoms with van der Waals surface area (Å²) in [6.45, 7) is 4.26. The third-order valence-corrected chi connectivity index (χ3v) is 12.2. The zero-order chi connectivity index (χ0) is 42.1. The number of hydrogen-bond donors (Lipinski definition) is 0. The lowest BCUT2D eigenvalue weighted by atomic mass is 9.92. The highest BCUT2D eigenvalue weighted by Crippen LogP contribution is 2.48. The Morgan fingerprint density at radius 2 is 1.20 bits per heavy atom. The maximum absolute atomic E-state index is 5.17. The zero-order valence-corrected chi connectivity index (χ0v) is 36.1. The van der Waals surface area contributed by atoms with E-state index in [1.54, 1.807) is 0 Å². The fourth-order valence-corrected chi connectivity index (χ4v) is 9.04. The quantitative estimate of drug-likeness (QED) is 0.113. The summed E-state index contributed by atoms with van der Waals surface area (Å²) < 4.78 is 0. The van der Waals surface area contributed by atoms with Gasteiger partial charge in [-0.15, -0.1) is 0 Å². The predicted octanol–water partition coefficient (Wildman–Crippen LogP) is 14.2. The SMILES string of the molecule is C=NC(=NC(=NCc1cc(-c2ccc(-c3ncc4ccccc4n3)cc2)cc(-c2ccc(-c3ccc4c5c(cccc35)C3=C4C=CCC3)cc2)c1)c1ccccc1)c1ccccc1.S. The first-order valence-electron chi connectivity index (χ1n) is 21.4. The number of amidine groups is 2. The van der Waals surface area contributed by atoms with Gasteiger partial charge in [-0.1, -0.05) is 170 Å². The maximum Gasteiger partial charge on any atom is 0.161 e. The fourth-order valence-electron chi connectivity index (χ4n) is 9.04. The second-order valence-electron chi connectivity index (χ2n) is 16.0. The first-order valence-corrected chi connectivity index (χ1v) is 21.4. The number of para-hydroxylation sites is 1. The van der Waals surface area contributed by atoms with Crippen molar-refractivity contribution < 1.29 is 0 Å². The molecule has 1 aromatic heterocycles. The molecule has 64 heavy (non-hydrogen) atoms. The van der Waals surface area contributed by atoms with Crippen LogP contribution in [0.15, 0.2) is 215 Å². The molecule has 0 aliphatic heterocycles. The molecule has 0 saturated heterocycles. The average Bonchev–Trinajstić information content (AvgIpc) is 3.69. The van der Waals surface area contributed by atoms with Gasteiger partial charge in [-0.3, -0.25) is 4.99 Å². The summed E-state index contributed by atoms with van der Waals surface area (Å²) in [5, 5.41) is 3.71. The second kappa shape index (κ2) is 17.5. The molecule has 0 atom stereocenters. The number of rotatable bonds is 8. The highest BCUT2D eigenvalue weighted by molar-refractivity contribution is 7.59. The van der Waals surface area contributed by atoms with Gasteiger partial charge in [0.25, 0.3) is 0 Å². The lowest BCUT2D eigenvalue weighted by Gasteiger charge is -2.13. The van der Waals surface area contributed by atoms with Gasteiger partial charge in [0.05, 0.1) is 12.1 Å². The third kappa shape index (κ3) is 7.69. The highest BCUT2D eigenvalue weighted by atomic mass is 32.1. The van der Waals surface area contributed by atoms with Gasteiger partial charge < -0.3 is 0 Å². The Labute approximate surface area is 380 Å². The molecule has 0 radical (unpaired) electrons. The molecular formula is C58H43N5S. The van der Waals surface area contributed by atoms with Crippen molar-refractivity contribution in [1.29, 1.82) is 0 Å². The Balaban J connectivity index is 0.00000484. The van der Waals surface area contributed by atoms with Crippen LogP contribution in [0.4, 0.5) is 0 Å². The van der Waals surface area contributed by atoms with Crippen molar-refractivity contribution >= 4 is 64.7 Å². The molecule has 2 aliphatic carbocycles. The Hall–Kier alpha value is -7.80. The minimum atomic E-state index is 0. The lowest BCUT2D eigenvalue weighted by Crippen LogP contribution is -2.05. The molecular weight excluding hydrogens is 799 g/mol. The van der Waals surface area contributed by atoms with Gasteiger partial charge in [-0.25, -0.2) is 20.0 Å². The topological polar surface area (TPSA) is 62.9 Å². The molecule has 0 unspecified atom stereocenters. The maximum atomic E-state index is 5.17. The van der Waals surface area contributed by atoms with E-state index >= 15 is 0 Å². The van der Waals surface area contributed by atoms with Crippen LogP contribution in [0.5, 0.6) is 0 Å². The van der Waals surface area contributed by atoms with Gasteiger partial charge in [-0.05, 0) is 116 Å². The Bertz CT molecular complexity index is 3350. The minimum Gasteiger partial charge on any atom is -0.261 e. The molecule has 306 valence electrons. The van der Waals surface area contributed by atoms with E-state index in [4.69, 9.17) is 15.0 Å². The third-order valence-electron chi connectivity index (χ3n) is 12.2. The normalized spacial score (nSPS) is 13.2. The van der Waals surface area contributed by atoms with Crippen LogP contribution in [-0.2, 0) is 6.54 Å². The zero-order valence-electron chi connectivity index (χ0n) is 35.1. The van der Waals surface area contributed by atoms with Gasteiger partial charge in [0.2, 0.25) is 0 Å². The molecule has 2 aliphatic rings. The van der Waals surface area contributed by atoms with Crippen molar-refractivity contribution in [2.24, 2.45) is 15.0 Å². The summed E-state index contributed by atoms with van der Waals surface area (Å²) >= 11 is 0. The van der Waals surface area contributed by atoms with Gasteiger partial charge in [-0.2, -0.15) is 13.5 Å². The van der Waals surface area contributed by atoms with E-state index in [9.17, 15) is 0 Å². The summed E-state index contributed by atoms with van der Waals surface area (Å²) in [5.41, 5.74) is 17.2. The molecule has 9 aromatic rings. The van der Waals surface area contributed by atoms with Crippen molar-refractivity contribution in [3.05, 3.63) is 228 Å². The minimum absolute atomic E-state index is 0. The Morgan fingerprint density at radius 3 is 1.92 bits per heavy atom. The monoisotopic (exact) mass is 841 g/mol. The van der Waals surface area contributed by atoms with E-state index in [1.165, 1.54) is 44.2 Å². The molecule has 8 aromatic carbocycles. The summed E-state index contributed by atoms with van der Waals surface area (Å²) in [5.74, 6) is 1.82. The van der Waals surface area contributed by atoms with Crippen LogP contribution >= 0.6 is 13.5 Å². The number of hydrogen-bond acceptors (Lipinski definition) is 3. The second-order valence-corrected chi connectivity index (χ2v) is 16.0. The number of aliphatic imine (C=N–C) groups is 3. The van der Waals surface area contributed by atoms with E-state index in [0.29, 0.717) is 24.0 Å². The number of fused-ring (bicyclic) bond motifs is 3. The van der Waals surface area contributed by atoms with Crippen LogP contribution in [0.25, 0.3) is 77.6 Å². The molecule has 0 amide bonds. The first kappa shape index (κ1) is 40.3. The van der Waals surface area contributed by atoms with Gasteiger partial charge >= 0.3 is 0 Å². The standard InChI is InChI=1S/C58H41N5.H2S/c1-59-56(42-13-4-2-5-14-42)63-58(43-15-6-3-7-16-43)60-36-38-33-46(35-47(34-38)40-25-29-44(30-26-40)57-61-37-45-17-8-11-22-54(45)62-57)39-23-27-41(28-24-39)48-31-32-53-50-19-10-9-18-49(50)52-21-12-20-51(48)55(52)53;/h2-8,10-17,19-35,37H,1,9,18,36H2;1H2. The number of nitrogens with zero attached hydrogens (tertiary/aromatic N) is 5. The van der Waals surface area contributed by atoms with Crippen molar-refractivity contribution in [2.75, 3.05) is 0 Å². The van der Waals surface area contributed by atoms with Crippen LogP contribution in [0.1, 0.15) is 40.7 Å². The summed E-state index contributed by atoms with van der Waals surface area (Å²) in [7, 11) is 0. The molecule has 6 heteroatoms. The summed E-state index contributed by atoms with van der Waals surface area (Å²) in [6, 6.07) is 63.8. The Kier molecular flexibility index (Phi) is 11.0. The van der Waals surface area contributed by atoms with Gasteiger partial charge in [0, 0.05) is 28.3 Å². The molecule has 0 N–H and O–H groups in total. The smallest absolute Gasteiger partial charge is 0.161 e. The molecule has 5 nitrogen and oxygen atoms in total. The van der Waals surface area contributed by atoms with E-state index in [2.05, 4.69) is 126 Å². The van der Waals surface area contributed by atoms with Crippen molar-refractivity contribution in [1.82, 2.24) is 9.97 Å². The predicted molar refractivity (Wildman–Crippen MR) is 274 cm³/mol. The molecule has 0 spiro atoms. The number of allylic oxidation sites excluding steroid dienone is 4. The lowest BCUT2D eigenvalue weighted by molar-refractivity contribution is 1.06. The van der Waals surface area contributed by atoms with Crippen LogP contribution < -0.4 is 0 Å². The van der Waals surface area contributed by atoms with E-state index < -0.39 is 0 Å². The van der Waals surface area contributed by atoms with Crippen molar-refractivity contribution in [2.45, 2.75) is 19.4 Å². The van der Waals surface area contributed by atoms with Crippen LogP contribution in [0.2, 0.25) is 0 Å². The molecule has 0 fully saturated rings. The highest BCUT2D eigenvalue weighted by Gasteiger charge is 2.25. The van der Waals surface area contributed by atoms with Crippen LogP contribution in [0, 0.1) is 0 Å². The van der Waals surface area contributed by atoms with Crippen molar-refractivity contribution in [3.63, 3.8) is 0 Å². The van der Waals surface area contributed by atoms with Crippen molar-refractivity contribution in [3.8, 4) is 44.8 Å². The largest absolute Gasteiger partial charge is 0.261 e. The van der Waals surface area contributed by atoms with Gasteiger partial charge in [0.15, 0.2) is 17.5 Å². The number of aromatic nitrogens is 2. The van der Waals surface area contributed by atoms with E-state index in [-0.39, 0.29) is 13.5 Å². The van der Waals surface area contributed by atoms with E-state index in [0.717, 1.165) is 68.3 Å². The van der Waals surface area contributed by atoms with E-state index in [1.807, 2.05) is 91.1 Å². The average molecular weight is 842 g/mol. The summed E-state index contributed by atoms with van der Waals surface area (Å²) in [6.07, 6.45) is 8.72.